The zero-order valence-corrected chi connectivity index (χ0v) is 11.6. The highest BCUT2D eigenvalue weighted by molar-refractivity contribution is 5.26. The summed E-state index contributed by atoms with van der Waals surface area (Å²) in [5, 5.41) is 9.06. The van der Waals surface area contributed by atoms with Crippen molar-refractivity contribution in [2.75, 3.05) is 0 Å². The zero-order valence-electron chi connectivity index (χ0n) is 11.6. The molecule has 0 aliphatic carbocycles. The van der Waals surface area contributed by atoms with Gasteiger partial charge in [-0.2, -0.15) is 18.4 Å². The second kappa shape index (κ2) is 5.34. The predicted octanol–water partition coefficient (Wildman–Crippen LogP) is 3.97. The standard InChI is InChI=1S/C16H17F3N2/c17-16(18,19)13-3-1-2-11(6-13)10-21-14-4-5-15(21)8-12(7-14)9-20/h1-3,6,12,14-15H,4-5,7-8,10H2. The summed E-state index contributed by atoms with van der Waals surface area (Å²) >= 11 is 0. The second-order valence-electron chi connectivity index (χ2n) is 6.05. The minimum atomic E-state index is -4.29. The second-order valence-corrected chi connectivity index (χ2v) is 6.05. The third kappa shape index (κ3) is 2.91. The van der Waals surface area contributed by atoms with E-state index in [-0.39, 0.29) is 5.92 Å². The average Bonchev–Trinajstić information content (AvgIpc) is 2.69. The van der Waals surface area contributed by atoms with Crippen molar-refractivity contribution in [3.05, 3.63) is 35.4 Å². The molecular weight excluding hydrogens is 277 g/mol. The summed E-state index contributed by atoms with van der Waals surface area (Å²) in [5.41, 5.74) is 0.122. The van der Waals surface area contributed by atoms with Crippen LogP contribution >= 0.6 is 0 Å². The van der Waals surface area contributed by atoms with E-state index in [9.17, 15) is 13.2 Å². The number of alkyl halides is 3. The molecule has 0 aromatic heterocycles. The number of halogens is 3. The molecule has 2 saturated heterocycles. The summed E-state index contributed by atoms with van der Waals surface area (Å²) in [5.74, 6) is 0.111. The topological polar surface area (TPSA) is 27.0 Å². The number of benzene rings is 1. The van der Waals surface area contributed by atoms with Gasteiger partial charge in [0.1, 0.15) is 0 Å². The van der Waals surface area contributed by atoms with Crippen molar-refractivity contribution in [2.24, 2.45) is 5.92 Å². The molecule has 112 valence electrons. The molecule has 2 fully saturated rings. The van der Waals surface area contributed by atoms with E-state index in [2.05, 4.69) is 11.0 Å². The highest BCUT2D eigenvalue weighted by atomic mass is 19.4. The molecule has 3 rings (SSSR count). The molecular formula is C16H17F3N2. The number of nitriles is 1. The van der Waals surface area contributed by atoms with Crippen molar-refractivity contribution in [1.82, 2.24) is 4.90 Å². The van der Waals surface area contributed by atoms with Gasteiger partial charge in [0.05, 0.1) is 11.6 Å². The first-order chi connectivity index (χ1) is 9.97. The Labute approximate surface area is 122 Å². The van der Waals surface area contributed by atoms with Gasteiger partial charge in [0.15, 0.2) is 0 Å². The number of hydrogen-bond acceptors (Lipinski definition) is 2. The van der Waals surface area contributed by atoms with Gasteiger partial charge >= 0.3 is 6.18 Å². The maximum absolute atomic E-state index is 12.8. The fourth-order valence-corrected chi connectivity index (χ4v) is 3.69. The molecule has 0 N–H and O–H groups in total. The van der Waals surface area contributed by atoms with Gasteiger partial charge < -0.3 is 0 Å². The van der Waals surface area contributed by atoms with E-state index >= 15 is 0 Å². The first-order valence-electron chi connectivity index (χ1n) is 7.29. The number of piperidine rings is 1. The van der Waals surface area contributed by atoms with Crippen LogP contribution in [0.25, 0.3) is 0 Å². The molecule has 0 radical (unpaired) electrons. The Hall–Kier alpha value is -1.54. The van der Waals surface area contributed by atoms with Gasteiger partial charge in [-0.1, -0.05) is 18.2 Å². The Morgan fingerprint density at radius 1 is 1.19 bits per heavy atom. The molecule has 2 aliphatic heterocycles. The normalized spacial score (nSPS) is 29.3. The van der Waals surface area contributed by atoms with Gasteiger partial charge in [-0.05, 0) is 37.3 Å². The molecule has 21 heavy (non-hydrogen) atoms. The third-order valence-corrected chi connectivity index (χ3v) is 4.69. The van der Waals surface area contributed by atoms with Crippen LogP contribution in [-0.2, 0) is 12.7 Å². The number of fused-ring (bicyclic) bond motifs is 2. The summed E-state index contributed by atoms with van der Waals surface area (Å²) in [6.45, 7) is 0.553. The number of nitrogens with zero attached hydrogens (tertiary/aromatic N) is 2. The van der Waals surface area contributed by atoms with Gasteiger partial charge in [-0.3, -0.25) is 4.90 Å². The fraction of sp³-hybridized carbons (Fsp3) is 0.562. The van der Waals surface area contributed by atoms with Crippen molar-refractivity contribution in [2.45, 2.75) is 50.5 Å². The molecule has 2 bridgehead atoms. The molecule has 1 aromatic carbocycles. The van der Waals surface area contributed by atoms with Crippen molar-refractivity contribution in [1.29, 1.82) is 5.26 Å². The van der Waals surface area contributed by atoms with E-state index in [1.54, 1.807) is 6.07 Å². The lowest BCUT2D eigenvalue weighted by atomic mass is 9.91. The van der Waals surface area contributed by atoms with Crippen LogP contribution in [0.15, 0.2) is 24.3 Å². The van der Waals surface area contributed by atoms with Crippen LogP contribution in [0.3, 0.4) is 0 Å². The minimum absolute atomic E-state index is 0.111. The lowest BCUT2D eigenvalue weighted by Gasteiger charge is -2.36. The summed E-state index contributed by atoms with van der Waals surface area (Å²) in [7, 11) is 0. The Kier molecular flexibility index (Phi) is 3.66. The predicted molar refractivity (Wildman–Crippen MR) is 72.1 cm³/mol. The van der Waals surface area contributed by atoms with Gasteiger partial charge in [0.25, 0.3) is 0 Å². The monoisotopic (exact) mass is 294 g/mol. The molecule has 2 unspecified atom stereocenters. The summed E-state index contributed by atoms with van der Waals surface area (Å²) in [4.78, 5) is 2.29. The van der Waals surface area contributed by atoms with Crippen molar-refractivity contribution in [3.63, 3.8) is 0 Å². The Bertz CT molecular complexity index is 547. The van der Waals surface area contributed by atoms with E-state index < -0.39 is 11.7 Å². The van der Waals surface area contributed by atoms with Crippen LogP contribution < -0.4 is 0 Å². The molecule has 0 amide bonds. The first-order valence-corrected chi connectivity index (χ1v) is 7.29. The van der Waals surface area contributed by atoms with Crippen LogP contribution in [0.1, 0.15) is 36.8 Å². The molecule has 1 aromatic rings. The van der Waals surface area contributed by atoms with Gasteiger partial charge in [-0.25, -0.2) is 0 Å². The van der Waals surface area contributed by atoms with Crippen molar-refractivity contribution < 1.29 is 13.2 Å². The largest absolute Gasteiger partial charge is 0.416 e. The fourth-order valence-electron chi connectivity index (χ4n) is 3.69. The lowest BCUT2D eigenvalue weighted by Crippen LogP contribution is -2.42. The smallest absolute Gasteiger partial charge is 0.293 e. The van der Waals surface area contributed by atoms with Crippen LogP contribution in [0.4, 0.5) is 13.2 Å². The average molecular weight is 294 g/mol. The number of hydrogen-bond donors (Lipinski definition) is 0. The Balaban J connectivity index is 1.75. The quantitative estimate of drug-likeness (QED) is 0.825. The van der Waals surface area contributed by atoms with E-state index in [1.165, 1.54) is 12.1 Å². The summed E-state index contributed by atoms with van der Waals surface area (Å²) in [6.07, 6.45) is -0.468. The summed E-state index contributed by atoms with van der Waals surface area (Å²) < 4.78 is 38.3. The van der Waals surface area contributed by atoms with Crippen molar-refractivity contribution in [3.8, 4) is 6.07 Å². The molecule has 5 heteroatoms. The molecule has 2 atom stereocenters. The maximum atomic E-state index is 12.8. The molecule has 2 heterocycles. The van der Waals surface area contributed by atoms with E-state index in [1.807, 2.05) is 0 Å². The van der Waals surface area contributed by atoms with E-state index in [4.69, 9.17) is 5.26 Å². The third-order valence-electron chi connectivity index (χ3n) is 4.69. The van der Waals surface area contributed by atoms with Gasteiger partial charge in [0, 0.05) is 24.5 Å². The van der Waals surface area contributed by atoms with Gasteiger partial charge in [-0.15, -0.1) is 0 Å². The SMILES string of the molecule is N#CC1CC2CCC(C1)N2Cc1cccc(C(F)(F)F)c1. The molecule has 0 saturated carbocycles. The Morgan fingerprint density at radius 2 is 1.86 bits per heavy atom. The minimum Gasteiger partial charge on any atom is -0.293 e. The van der Waals surface area contributed by atoms with Crippen LogP contribution in [0, 0.1) is 17.2 Å². The van der Waals surface area contributed by atoms with Gasteiger partial charge in [0.2, 0.25) is 0 Å². The highest BCUT2D eigenvalue weighted by Crippen LogP contribution is 2.39. The highest BCUT2D eigenvalue weighted by Gasteiger charge is 2.40. The lowest BCUT2D eigenvalue weighted by molar-refractivity contribution is -0.137. The van der Waals surface area contributed by atoms with Crippen LogP contribution in [-0.4, -0.2) is 17.0 Å². The zero-order chi connectivity index (χ0) is 15.0. The van der Waals surface area contributed by atoms with Crippen LogP contribution in [0.2, 0.25) is 0 Å². The van der Waals surface area contributed by atoms with E-state index in [0.29, 0.717) is 24.2 Å². The Morgan fingerprint density at radius 3 is 2.43 bits per heavy atom. The maximum Gasteiger partial charge on any atom is 0.416 e. The molecule has 2 aliphatic rings. The number of rotatable bonds is 2. The van der Waals surface area contributed by atoms with Crippen molar-refractivity contribution >= 4 is 0 Å². The first kappa shape index (κ1) is 14.4. The summed E-state index contributed by atoms with van der Waals surface area (Å²) in [6, 6.07) is 8.63. The molecule has 2 nitrogen and oxygen atoms in total. The molecule has 0 spiro atoms. The van der Waals surface area contributed by atoms with E-state index in [0.717, 1.165) is 31.7 Å². The van der Waals surface area contributed by atoms with Crippen LogP contribution in [0.5, 0.6) is 0 Å².